The number of rotatable bonds is 6. The molecule has 1 aromatic heterocycles. The van der Waals surface area contributed by atoms with Gasteiger partial charge in [-0.15, -0.1) is 0 Å². The second-order valence-electron chi connectivity index (χ2n) is 4.13. The van der Waals surface area contributed by atoms with Crippen LogP contribution in [0.3, 0.4) is 0 Å². The minimum atomic E-state index is -1.22. The zero-order valence-electron chi connectivity index (χ0n) is 11.1. The third-order valence-corrected chi connectivity index (χ3v) is 2.88. The summed E-state index contributed by atoms with van der Waals surface area (Å²) < 4.78 is 5.91. The molecule has 1 unspecified atom stereocenters. The van der Waals surface area contributed by atoms with Crippen LogP contribution in [-0.4, -0.2) is 40.7 Å². The van der Waals surface area contributed by atoms with E-state index in [0.717, 1.165) is 0 Å². The van der Waals surface area contributed by atoms with Gasteiger partial charge in [0.25, 0.3) is 5.91 Å². The largest absolute Gasteiger partial charge is 0.480 e. The number of carboxylic acids is 1. The Morgan fingerprint density at radius 3 is 2.60 bits per heavy atom. The number of esters is 1. The lowest BCUT2D eigenvalue weighted by Crippen LogP contribution is -2.41. The molecule has 1 aromatic rings. The summed E-state index contributed by atoms with van der Waals surface area (Å²) in [5.74, 6) is -2.33. The lowest BCUT2D eigenvalue weighted by Gasteiger charge is -2.14. The first-order valence-electron chi connectivity index (χ1n) is 5.77. The van der Waals surface area contributed by atoms with Crippen LogP contribution in [0.15, 0.2) is 12.3 Å². The fourth-order valence-electron chi connectivity index (χ4n) is 1.60. The van der Waals surface area contributed by atoms with E-state index in [1.54, 1.807) is 7.05 Å². The van der Waals surface area contributed by atoms with Gasteiger partial charge >= 0.3 is 11.9 Å². The molecule has 0 bridgehead atoms. The summed E-state index contributed by atoms with van der Waals surface area (Å²) in [5.41, 5.74) is 0.235. The van der Waals surface area contributed by atoms with Gasteiger partial charge in [-0.25, -0.2) is 4.79 Å². The van der Waals surface area contributed by atoms with Crippen LogP contribution in [0.25, 0.3) is 0 Å². The van der Waals surface area contributed by atoms with E-state index in [2.05, 4.69) is 10.1 Å². The molecule has 1 atom stereocenters. The number of hydrogen-bond donors (Lipinski definition) is 2. The van der Waals surface area contributed by atoms with E-state index >= 15 is 0 Å². The van der Waals surface area contributed by atoms with Gasteiger partial charge < -0.3 is 19.7 Å². The highest BCUT2D eigenvalue weighted by Gasteiger charge is 2.23. The van der Waals surface area contributed by atoms with Gasteiger partial charge in [0.05, 0.1) is 12.1 Å². The van der Waals surface area contributed by atoms with Crippen molar-refractivity contribution in [2.24, 2.45) is 7.05 Å². The Hall–Kier alpha value is -2.02. The molecule has 8 heteroatoms. The van der Waals surface area contributed by atoms with E-state index in [9.17, 15) is 14.4 Å². The van der Waals surface area contributed by atoms with E-state index in [1.165, 1.54) is 23.9 Å². The maximum absolute atomic E-state index is 11.9. The number of halogens is 1. The van der Waals surface area contributed by atoms with E-state index in [4.69, 9.17) is 16.7 Å². The van der Waals surface area contributed by atoms with Crippen molar-refractivity contribution in [3.05, 3.63) is 23.0 Å². The minimum Gasteiger partial charge on any atom is -0.480 e. The van der Waals surface area contributed by atoms with Gasteiger partial charge in [-0.05, 0) is 12.5 Å². The average Bonchev–Trinajstić information content (AvgIpc) is 2.72. The van der Waals surface area contributed by atoms with Crippen molar-refractivity contribution in [2.75, 3.05) is 7.11 Å². The number of aliphatic carboxylic acids is 1. The smallest absolute Gasteiger partial charge is 0.326 e. The quantitative estimate of drug-likeness (QED) is 0.758. The Labute approximate surface area is 120 Å². The van der Waals surface area contributed by atoms with Crippen molar-refractivity contribution in [2.45, 2.75) is 18.9 Å². The van der Waals surface area contributed by atoms with E-state index in [-0.39, 0.29) is 18.5 Å². The number of aryl methyl sites for hydroxylation is 1. The highest BCUT2D eigenvalue weighted by Crippen LogP contribution is 2.13. The van der Waals surface area contributed by atoms with Crippen LogP contribution >= 0.6 is 11.6 Å². The van der Waals surface area contributed by atoms with Gasteiger partial charge in [-0.1, -0.05) is 11.6 Å². The Morgan fingerprint density at radius 2 is 2.15 bits per heavy atom. The van der Waals surface area contributed by atoms with Gasteiger partial charge in [-0.2, -0.15) is 0 Å². The van der Waals surface area contributed by atoms with Crippen molar-refractivity contribution < 1.29 is 24.2 Å². The first-order valence-corrected chi connectivity index (χ1v) is 6.15. The number of carbonyl (C=O) groups is 3. The van der Waals surface area contributed by atoms with Crippen molar-refractivity contribution in [1.82, 2.24) is 9.88 Å². The number of carbonyl (C=O) groups excluding carboxylic acids is 2. The molecular weight excluding hydrogens is 288 g/mol. The monoisotopic (exact) mass is 302 g/mol. The van der Waals surface area contributed by atoms with Gasteiger partial charge in [0.1, 0.15) is 11.7 Å². The predicted molar refractivity (Wildman–Crippen MR) is 70.6 cm³/mol. The van der Waals surface area contributed by atoms with Gasteiger partial charge in [0.2, 0.25) is 0 Å². The second-order valence-corrected chi connectivity index (χ2v) is 4.57. The Kier molecular flexibility index (Phi) is 5.57. The van der Waals surface area contributed by atoms with Crippen LogP contribution in [-0.2, 0) is 21.4 Å². The number of amides is 1. The first-order chi connectivity index (χ1) is 9.35. The molecule has 7 nitrogen and oxygen atoms in total. The highest BCUT2D eigenvalue weighted by atomic mass is 35.5. The molecule has 110 valence electrons. The van der Waals surface area contributed by atoms with Crippen LogP contribution in [0.1, 0.15) is 23.3 Å². The molecule has 1 heterocycles. The number of aromatic nitrogens is 1. The molecule has 20 heavy (non-hydrogen) atoms. The fourth-order valence-corrected chi connectivity index (χ4v) is 1.85. The number of carboxylic acid groups (broad SMARTS) is 1. The normalized spacial score (nSPS) is 11.8. The van der Waals surface area contributed by atoms with Gasteiger partial charge in [-0.3, -0.25) is 9.59 Å². The Bertz CT molecular complexity index is 526. The molecule has 0 radical (unpaired) electrons. The van der Waals surface area contributed by atoms with Crippen molar-refractivity contribution >= 4 is 29.4 Å². The molecular formula is C12H15ClN2O5. The summed E-state index contributed by atoms with van der Waals surface area (Å²) in [6.45, 7) is 0. The zero-order valence-corrected chi connectivity index (χ0v) is 11.8. The molecule has 2 N–H and O–H groups in total. The Morgan fingerprint density at radius 1 is 1.50 bits per heavy atom. The minimum absolute atomic E-state index is 0.0497. The molecule has 0 saturated heterocycles. The van der Waals surface area contributed by atoms with Gasteiger partial charge in [0, 0.05) is 19.7 Å². The summed E-state index contributed by atoms with van der Waals surface area (Å²) >= 11 is 5.75. The molecule has 0 saturated carbocycles. The molecule has 1 amide bonds. The third kappa shape index (κ3) is 4.27. The number of ether oxygens (including phenoxy) is 1. The molecule has 1 rings (SSSR count). The maximum atomic E-state index is 11.9. The lowest BCUT2D eigenvalue weighted by molar-refractivity contribution is -0.142. The van der Waals surface area contributed by atoms with Gasteiger partial charge in [0.15, 0.2) is 0 Å². The van der Waals surface area contributed by atoms with Crippen molar-refractivity contribution in [3.63, 3.8) is 0 Å². The SMILES string of the molecule is COC(=O)CCC(NC(=O)c1cc(Cl)cn1C)C(=O)O. The number of nitrogens with zero attached hydrogens (tertiary/aromatic N) is 1. The van der Waals surface area contributed by atoms with Crippen LogP contribution in [0.5, 0.6) is 0 Å². The highest BCUT2D eigenvalue weighted by molar-refractivity contribution is 6.31. The summed E-state index contributed by atoms with van der Waals surface area (Å²) in [6.07, 6.45) is 1.38. The molecule has 0 aliphatic rings. The maximum Gasteiger partial charge on any atom is 0.326 e. The molecule has 0 aliphatic heterocycles. The number of nitrogens with one attached hydrogen (secondary N) is 1. The molecule has 0 spiro atoms. The van der Waals surface area contributed by atoms with E-state index in [0.29, 0.717) is 5.02 Å². The summed E-state index contributed by atoms with van der Waals surface area (Å²) in [6, 6.07) is 0.256. The lowest BCUT2D eigenvalue weighted by atomic mass is 10.1. The summed E-state index contributed by atoms with van der Waals surface area (Å²) in [5, 5.41) is 11.7. The molecule has 0 aliphatic carbocycles. The van der Waals surface area contributed by atoms with Crippen LogP contribution in [0.2, 0.25) is 5.02 Å². The van der Waals surface area contributed by atoms with Crippen LogP contribution in [0, 0.1) is 0 Å². The standard InChI is InChI=1S/C12H15ClN2O5/c1-15-6-7(13)5-9(15)11(17)14-8(12(18)19)3-4-10(16)20-2/h5-6,8H,3-4H2,1-2H3,(H,14,17)(H,18,19). The topological polar surface area (TPSA) is 97.6 Å². The van der Waals surface area contributed by atoms with E-state index < -0.39 is 23.9 Å². The zero-order chi connectivity index (χ0) is 15.3. The summed E-state index contributed by atoms with van der Waals surface area (Å²) in [7, 11) is 2.83. The van der Waals surface area contributed by atoms with Crippen molar-refractivity contribution in [3.8, 4) is 0 Å². The molecule has 0 fully saturated rings. The number of hydrogen-bond acceptors (Lipinski definition) is 4. The van der Waals surface area contributed by atoms with Crippen LogP contribution in [0.4, 0.5) is 0 Å². The Balaban J connectivity index is 2.70. The second kappa shape index (κ2) is 6.95. The predicted octanol–water partition coefficient (Wildman–Crippen LogP) is 0.815. The first kappa shape index (κ1) is 16.0. The third-order valence-electron chi connectivity index (χ3n) is 2.67. The molecule has 0 aromatic carbocycles. The van der Waals surface area contributed by atoms with E-state index in [1.807, 2.05) is 0 Å². The number of methoxy groups -OCH3 is 1. The van der Waals surface area contributed by atoms with Crippen LogP contribution < -0.4 is 5.32 Å². The fraction of sp³-hybridized carbons (Fsp3) is 0.417. The summed E-state index contributed by atoms with van der Waals surface area (Å²) in [4.78, 5) is 34.0. The average molecular weight is 303 g/mol. The van der Waals surface area contributed by atoms with Crippen molar-refractivity contribution in [1.29, 1.82) is 0 Å².